The minimum atomic E-state index is 0.306. The van der Waals surface area contributed by atoms with E-state index in [1.807, 2.05) is 6.92 Å². The predicted octanol–water partition coefficient (Wildman–Crippen LogP) is 1.16. The normalized spacial score (nSPS) is 38.2. The Morgan fingerprint density at radius 1 is 1.50 bits per heavy atom. The largest absolute Gasteiger partial charge is 0.350 e. The smallest absolute Gasteiger partial charge is 0.147 e. The van der Waals surface area contributed by atoms with Crippen LogP contribution in [0.1, 0.15) is 20.3 Å². The van der Waals surface area contributed by atoms with Crippen molar-refractivity contribution in [1.82, 2.24) is 0 Å². The van der Waals surface area contributed by atoms with Gasteiger partial charge in [0, 0.05) is 0 Å². The van der Waals surface area contributed by atoms with Crippen molar-refractivity contribution in [3.05, 3.63) is 0 Å². The molecule has 1 saturated heterocycles. The molecule has 0 aromatic carbocycles. The zero-order chi connectivity index (χ0) is 5.98. The van der Waals surface area contributed by atoms with Crippen molar-refractivity contribution in [3.63, 3.8) is 0 Å². The fourth-order valence-corrected chi connectivity index (χ4v) is 0.927. The first kappa shape index (κ1) is 6.05. The molecule has 0 saturated carbocycles. The van der Waals surface area contributed by atoms with Crippen LogP contribution in [0.15, 0.2) is 0 Å². The summed E-state index contributed by atoms with van der Waals surface area (Å²) >= 11 is 0. The van der Waals surface area contributed by atoms with Crippen molar-refractivity contribution >= 4 is 0 Å². The first-order valence-electron chi connectivity index (χ1n) is 3.07. The van der Waals surface area contributed by atoms with Crippen LogP contribution in [0.25, 0.3) is 0 Å². The van der Waals surface area contributed by atoms with Crippen LogP contribution in [-0.2, 0) is 9.47 Å². The van der Waals surface area contributed by atoms with Crippen LogP contribution in [0, 0.1) is 0 Å². The Kier molecular flexibility index (Phi) is 1.86. The molecular formula is C6H12O2. The average molecular weight is 116 g/mol. The van der Waals surface area contributed by atoms with Crippen molar-refractivity contribution in [3.8, 4) is 0 Å². The zero-order valence-electron chi connectivity index (χ0n) is 5.39. The standard InChI is InChI=1S/C6H12O2/c1-3-6-5(2)7-4-8-6/h5-6H,3-4H2,1-2H3/t5-,6-/m0/s1. The second-order valence-electron chi connectivity index (χ2n) is 2.10. The number of rotatable bonds is 1. The number of hydrogen-bond acceptors (Lipinski definition) is 2. The topological polar surface area (TPSA) is 18.5 Å². The van der Waals surface area contributed by atoms with Gasteiger partial charge in [-0.05, 0) is 13.3 Å². The summed E-state index contributed by atoms with van der Waals surface area (Å²) in [6.07, 6.45) is 1.70. The van der Waals surface area contributed by atoms with E-state index in [0.717, 1.165) is 6.42 Å². The molecule has 0 spiro atoms. The highest BCUT2D eigenvalue weighted by atomic mass is 16.7. The summed E-state index contributed by atoms with van der Waals surface area (Å²) in [5, 5.41) is 0. The molecule has 48 valence electrons. The van der Waals surface area contributed by atoms with Gasteiger partial charge in [-0.2, -0.15) is 0 Å². The first-order chi connectivity index (χ1) is 3.84. The maximum atomic E-state index is 5.19. The van der Waals surface area contributed by atoms with Crippen LogP contribution in [0.2, 0.25) is 0 Å². The van der Waals surface area contributed by atoms with Gasteiger partial charge in [-0.3, -0.25) is 0 Å². The molecule has 1 rings (SSSR count). The quantitative estimate of drug-likeness (QED) is 0.511. The molecule has 1 aliphatic rings. The molecule has 0 aromatic heterocycles. The third-order valence-corrected chi connectivity index (χ3v) is 1.54. The van der Waals surface area contributed by atoms with Crippen molar-refractivity contribution in [2.45, 2.75) is 32.5 Å². The van der Waals surface area contributed by atoms with Gasteiger partial charge in [0.25, 0.3) is 0 Å². The average Bonchev–Trinajstić information content (AvgIpc) is 2.14. The van der Waals surface area contributed by atoms with Crippen molar-refractivity contribution in [1.29, 1.82) is 0 Å². The molecule has 0 bridgehead atoms. The summed E-state index contributed by atoms with van der Waals surface area (Å²) in [7, 11) is 0. The summed E-state index contributed by atoms with van der Waals surface area (Å²) in [5.41, 5.74) is 0. The van der Waals surface area contributed by atoms with Crippen LogP contribution >= 0.6 is 0 Å². The van der Waals surface area contributed by atoms with Crippen LogP contribution in [0.4, 0.5) is 0 Å². The monoisotopic (exact) mass is 116 g/mol. The maximum absolute atomic E-state index is 5.19. The third-order valence-electron chi connectivity index (χ3n) is 1.54. The van der Waals surface area contributed by atoms with E-state index in [4.69, 9.17) is 9.47 Å². The van der Waals surface area contributed by atoms with Crippen molar-refractivity contribution in [2.24, 2.45) is 0 Å². The van der Waals surface area contributed by atoms with Gasteiger partial charge in [0.2, 0.25) is 0 Å². The second kappa shape index (κ2) is 2.46. The number of hydrogen-bond donors (Lipinski definition) is 0. The molecule has 1 fully saturated rings. The molecule has 2 heteroatoms. The van der Waals surface area contributed by atoms with Crippen molar-refractivity contribution < 1.29 is 9.47 Å². The van der Waals surface area contributed by atoms with Crippen LogP contribution in [0.5, 0.6) is 0 Å². The molecule has 2 atom stereocenters. The molecule has 1 heterocycles. The lowest BCUT2D eigenvalue weighted by atomic mass is 10.2. The van der Waals surface area contributed by atoms with E-state index in [-0.39, 0.29) is 0 Å². The fourth-order valence-electron chi connectivity index (χ4n) is 0.927. The van der Waals surface area contributed by atoms with Crippen LogP contribution in [-0.4, -0.2) is 19.0 Å². The SMILES string of the molecule is CC[C@@H]1OCO[C@H]1C. The summed E-state index contributed by atoms with van der Waals surface area (Å²) in [5.74, 6) is 0. The molecule has 2 nitrogen and oxygen atoms in total. The Labute approximate surface area is 49.8 Å². The van der Waals surface area contributed by atoms with E-state index in [1.54, 1.807) is 0 Å². The molecule has 0 amide bonds. The minimum absolute atomic E-state index is 0.306. The van der Waals surface area contributed by atoms with Crippen molar-refractivity contribution in [2.75, 3.05) is 6.79 Å². The van der Waals surface area contributed by atoms with E-state index in [1.165, 1.54) is 0 Å². The highest BCUT2D eigenvalue weighted by molar-refractivity contribution is 4.66. The third kappa shape index (κ3) is 1.01. The molecule has 0 radical (unpaired) electrons. The van der Waals surface area contributed by atoms with Gasteiger partial charge in [-0.15, -0.1) is 0 Å². The lowest BCUT2D eigenvalue weighted by molar-refractivity contribution is 0.0401. The Bertz CT molecular complexity index is 72.9. The van der Waals surface area contributed by atoms with Gasteiger partial charge in [-0.1, -0.05) is 6.92 Å². The maximum Gasteiger partial charge on any atom is 0.147 e. The molecule has 0 N–H and O–H groups in total. The Morgan fingerprint density at radius 2 is 2.25 bits per heavy atom. The lowest BCUT2D eigenvalue weighted by Gasteiger charge is -2.07. The fraction of sp³-hybridized carbons (Fsp3) is 1.00. The summed E-state index contributed by atoms with van der Waals surface area (Å²) in [4.78, 5) is 0. The van der Waals surface area contributed by atoms with Gasteiger partial charge in [0.05, 0.1) is 12.2 Å². The highest BCUT2D eigenvalue weighted by Gasteiger charge is 2.22. The van der Waals surface area contributed by atoms with E-state index >= 15 is 0 Å². The van der Waals surface area contributed by atoms with Gasteiger partial charge >= 0.3 is 0 Å². The molecule has 0 aliphatic carbocycles. The summed E-state index contributed by atoms with van der Waals surface area (Å²) < 4.78 is 10.3. The number of ether oxygens (including phenoxy) is 2. The Balaban J connectivity index is 2.30. The van der Waals surface area contributed by atoms with E-state index in [2.05, 4.69) is 6.92 Å². The van der Waals surface area contributed by atoms with E-state index in [0.29, 0.717) is 19.0 Å². The van der Waals surface area contributed by atoms with Gasteiger partial charge < -0.3 is 9.47 Å². The van der Waals surface area contributed by atoms with E-state index < -0.39 is 0 Å². The molecule has 8 heavy (non-hydrogen) atoms. The summed E-state index contributed by atoms with van der Waals surface area (Å²) in [6, 6.07) is 0. The molecule has 0 unspecified atom stereocenters. The van der Waals surface area contributed by atoms with Gasteiger partial charge in [0.15, 0.2) is 0 Å². The molecule has 0 aromatic rings. The predicted molar refractivity (Wildman–Crippen MR) is 30.6 cm³/mol. The second-order valence-corrected chi connectivity index (χ2v) is 2.10. The lowest BCUT2D eigenvalue weighted by Crippen LogP contribution is -2.17. The first-order valence-corrected chi connectivity index (χ1v) is 3.07. The summed E-state index contributed by atoms with van der Waals surface area (Å²) in [6.45, 7) is 4.64. The molecular weight excluding hydrogens is 104 g/mol. The minimum Gasteiger partial charge on any atom is -0.350 e. The van der Waals surface area contributed by atoms with Gasteiger partial charge in [0.1, 0.15) is 6.79 Å². The van der Waals surface area contributed by atoms with E-state index in [9.17, 15) is 0 Å². The van der Waals surface area contributed by atoms with Crippen LogP contribution < -0.4 is 0 Å². The highest BCUT2D eigenvalue weighted by Crippen LogP contribution is 2.14. The van der Waals surface area contributed by atoms with Crippen LogP contribution in [0.3, 0.4) is 0 Å². The van der Waals surface area contributed by atoms with Gasteiger partial charge in [-0.25, -0.2) is 0 Å². The Hall–Kier alpha value is -0.0800. The molecule has 1 aliphatic heterocycles. The Morgan fingerprint density at radius 3 is 2.50 bits per heavy atom. The zero-order valence-corrected chi connectivity index (χ0v) is 5.39.